The average Bonchev–Trinajstić information content (AvgIpc) is 2.68. The highest BCUT2D eigenvalue weighted by molar-refractivity contribution is 6.32. The number of aromatic nitrogens is 3. The maximum atomic E-state index is 6.14. The van der Waals surface area contributed by atoms with Gasteiger partial charge in [-0.2, -0.15) is 0 Å². The fraction of sp³-hybridized carbons (Fsp3) is 0.0769. The van der Waals surface area contributed by atoms with Gasteiger partial charge in [0.2, 0.25) is 0 Å². The largest absolute Gasteiger partial charge is 0.297 e. The number of rotatable bonds is 1. The van der Waals surface area contributed by atoms with E-state index >= 15 is 0 Å². The van der Waals surface area contributed by atoms with Crippen molar-refractivity contribution in [3.63, 3.8) is 0 Å². The van der Waals surface area contributed by atoms with E-state index in [1.165, 1.54) is 0 Å². The van der Waals surface area contributed by atoms with E-state index < -0.39 is 0 Å². The first kappa shape index (κ1) is 10.3. The normalized spacial score (nSPS) is 10.9. The van der Waals surface area contributed by atoms with Gasteiger partial charge < -0.3 is 0 Å². The summed E-state index contributed by atoms with van der Waals surface area (Å²) in [5, 5.41) is 0.509. The molecule has 0 atom stereocenters. The molecule has 0 aliphatic heterocycles. The topological polar surface area (TPSA) is 30.2 Å². The molecule has 3 rings (SSSR count). The highest BCUT2D eigenvalue weighted by Gasteiger charge is 2.11. The van der Waals surface area contributed by atoms with Crippen LogP contribution in [0.5, 0.6) is 0 Å². The van der Waals surface area contributed by atoms with Gasteiger partial charge in [0.05, 0.1) is 5.52 Å². The van der Waals surface area contributed by atoms with E-state index in [1.54, 1.807) is 6.20 Å². The molecule has 3 heterocycles. The van der Waals surface area contributed by atoms with Gasteiger partial charge in [-0.1, -0.05) is 17.7 Å². The summed E-state index contributed by atoms with van der Waals surface area (Å²) in [6.45, 7) is 2.03. The number of hydrogen-bond acceptors (Lipinski definition) is 2. The van der Waals surface area contributed by atoms with Crippen LogP contribution in [-0.2, 0) is 0 Å². The van der Waals surface area contributed by atoms with Crippen LogP contribution in [0.1, 0.15) is 5.56 Å². The molecule has 0 radical (unpaired) electrons. The third-order valence-corrected chi connectivity index (χ3v) is 2.93. The van der Waals surface area contributed by atoms with E-state index in [0.717, 1.165) is 22.6 Å². The van der Waals surface area contributed by atoms with Crippen molar-refractivity contribution < 1.29 is 0 Å². The van der Waals surface area contributed by atoms with Crippen LogP contribution in [0.2, 0.25) is 5.15 Å². The lowest BCUT2D eigenvalue weighted by Gasteiger charge is -2.00. The Labute approximate surface area is 104 Å². The Morgan fingerprint density at radius 1 is 1.24 bits per heavy atom. The molecular formula is C13H10ClN3. The zero-order chi connectivity index (χ0) is 11.8. The number of hydrogen-bond donors (Lipinski definition) is 0. The average molecular weight is 244 g/mol. The summed E-state index contributed by atoms with van der Waals surface area (Å²) >= 11 is 6.14. The molecule has 0 aliphatic carbocycles. The maximum absolute atomic E-state index is 6.14. The van der Waals surface area contributed by atoms with Crippen LogP contribution in [0.15, 0.2) is 42.7 Å². The van der Waals surface area contributed by atoms with Gasteiger partial charge in [0.1, 0.15) is 5.69 Å². The summed E-state index contributed by atoms with van der Waals surface area (Å²) in [6, 6.07) is 9.78. The SMILES string of the molecule is Cc1ccn2c(-c3ccccn3)nc(Cl)c2c1. The minimum absolute atomic E-state index is 0.509. The molecule has 3 nitrogen and oxygen atoms in total. The highest BCUT2D eigenvalue weighted by atomic mass is 35.5. The van der Waals surface area contributed by atoms with Crippen molar-refractivity contribution in [3.05, 3.63) is 53.4 Å². The second-order valence-electron chi connectivity index (χ2n) is 3.90. The highest BCUT2D eigenvalue weighted by Crippen LogP contribution is 2.24. The second kappa shape index (κ2) is 3.86. The lowest BCUT2D eigenvalue weighted by molar-refractivity contribution is 1.12. The van der Waals surface area contributed by atoms with Crippen LogP contribution in [0, 0.1) is 6.92 Å². The second-order valence-corrected chi connectivity index (χ2v) is 4.26. The minimum Gasteiger partial charge on any atom is -0.297 e. The van der Waals surface area contributed by atoms with Crippen LogP contribution in [-0.4, -0.2) is 14.4 Å². The number of fused-ring (bicyclic) bond motifs is 1. The Morgan fingerprint density at radius 3 is 2.88 bits per heavy atom. The Balaban J connectivity index is 2.32. The fourth-order valence-electron chi connectivity index (χ4n) is 1.83. The molecule has 3 aromatic rings. The molecule has 0 unspecified atom stereocenters. The van der Waals surface area contributed by atoms with Crippen LogP contribution >= 0.6 is 11.6 Å². The Morgan fingerprint density at radius 2 is 2.12 bits per heavy atom. The Bertz CT molecular complexity index is 674. The van der Waals surface area contributed by atoms with Gasteiger partial charge in [-0.15, -0.1) is 0 Å². The van der Waals surface area contributed by atoms with Crippen molar-refractivity contribution in [2.24, 2.45) is 0 Å². The van der Waals surface area contributed by atoms with Crippen molar-refractivity contribution in [1.29, 1.82) is 0 Å². The van der Waals surface area contributed by atoms with Gasteiger partial charge >= 0.3 is 0 Å². The van der Waals surface area contributed by atoms with Gasteiger partial charge in [-0.3, -0.25) is 9.38 Å². The third kappa shape index (κ3) is 1.68. The summed E-state index contributed by atoms with van der Waals surface area (Å²) < 4.78 is 1.96. The van der Waals surface area contributed by atoms with Crippen LogP contribution in [0.25, 0.3) is 17.0 Å². The molecule has 0 aliphatic rings. The summed E-state index contributed by atoms with van der Waals surface area (Å²) in [5.74, 6) is 0.769. The monoisotopic (exact) mass is 243 g/mol. The predicted molar refractivity (Wildman–Crippen MR) is 68.2 cm³/mol. The lowest BCUT2D eigenvalue weighted by atomic mass is 10.3. The van der Waals surface area contributed by atoms with E-state index in [4.69, 9.17) is 11.6 Å². The number of imidazole rings is 1. The van der Waals surface area contributed by atoms with Crippen molar-refractivity contribution >= 4 is 17.1 Å². The molecule has 0 saturated heterocycles. The number of nitrogens with zero attached hydrogens (tertiary/aromatic N) is 3. The van der Waals surface area contributed by atoms with Gasteiger partial charge in [0.15, 0.2) is 11.0 Å². The Hall–Kier alpha value is -1.87. The molecular weight excluding hydrogens is 234 g/mol. The first-order valence-corrected chi connectivity index (χ1v) is 5.69. The molecule has 0 bridgehead atoms. The standard InChI is InChI=1S/C13H10ClN3/c1-9-5-7-17-11(8-9)12(14)16-13(17)10-4-2-3-6-15-10/h2-8H,1H3. The summed E-state index contributed by atoms with van der Waals surface area (Å²) in [6.07, 6.45) is 3.71. The van der Waals surface area contributed by atoms with Crippen molar-refractivity contribution in [1.82, 2.24) is 14.4 Å². The Kier molecular flexibility index (Phi) is 2.34. The molecule has 84 valence electrons. The molecule has 0 N–H and O–H groups in total. The lowest BCUT2D eigenvalue weighted by Crippen LogP contribution is -1.91. The van der Waals surface area contributed by atoms with E-state index in [-0.39, 0.29) is 0 Å². The van der Waals surface area contributed by atoms with Gasteiger partial charge in [-0.25, -0.2) is 4.98 Å². The molecule has 0 amide bonds. The molecule has 0 spiro atoms. The molecule has 17 heavy (non-hydrogen) atoms. The minimum atomic E-state index is 0.509. The van der Waals surface area contributed by atoms with E-state index in [0.29, 0.717) is 5.15 Å². The van der Waals surface area contributed by atoms with E-state index in [1.807, 2.05) is 47.9 Å². The summed E-state index contributed by atoms with van der Waals surface area (Å²) in [5.41, 5.74) is 2.89. The predicted octanol–water partition coefficient (Wildman–Crippen LogP) is 3.36. The van der Waals surface area contributed by atoms with Gasteiger partial charge in [0, 0.05) is 12.4 Å². The summed E-state index contributed by atoms with van der Waals surface area (Å²) in [7, 11) is 0. The summed E-state index contributed by atoms with van der Waals surface area (Å²) in [4.78, 5) is 8.66. The first-order chi connectivity index (χ1) is 8.25. The van der Waals surface area contributed by atoms with Gasteiger partial charge in [-0.05, 0) is 36.8 Å². The molecule has 3 aromatic heterocycles. The van der Waals surface area contributed by atoms with Crippen LogP contribution in [0.4, 0.5) is 0 Å². The van der Waals surface area contributed by atoms with Crippen LogP contribution in [0.3, 0.4) is 0 Å². The molecule has 4 heteroatoms. The van der Waals surface area contributed by atoms with Gasteiger partial charge in [0.25, 0.3) is 0 Å². The molecule has 0 saturated carbocycles. The van der Waals surface area contributed by atoms with E-state index in [2.05, 4.69) is 9.97 Å². The maximum Gasteiger partial charge on any atom is 0.165 e. The van der Waals surface area contributed by atoms with Crippen molar-refractivity contribution in [3.8, 4) is 11.5 Å². The number of halogens is 1. The number of aryl methyl sites for hydroxylation is 1. The smallest absolute Gasteiger partial charge is 0.165 e. The first-order valence-electron chi connectivity index (χ1n) is 5.31. The quantitative estimate of drug-likeness (QED) is 0.656. The van der Waals surface area contributed by atoms with Crippen LogP contribution < -0.4 is 0 Å². The van der Waals surface area contributed by atoms with E-state index in [9.17, 15) is 0 Å². The zero-order valence-corrected chi connectivity index (χ0v) is 10.0. The molecule has 0 aromatic carbocycles. The van der Waals surface area contributed by atoms with Crippen molar-refractivity contribution in [2.75, 3.05) is 0 Å². The number of pyridine rings is 2. The third-order valence-electron chi connectivity index (χ3n) is 2.65. The zero-order valence-electron chi connectivity index (χ0n) is 9.26. The van der Waals surface area contributed by atoms with Crippen molar-refractivity contribution in [2.45, 2.75) is 6.92 Å². The molecule has 0 fully saturated rings. The fourth-order valence-corrected chi connectivity index (χ4v) is 2.05.